The summed E-state index contributed by atoms with van der Waals surface area (Å²) >= 11 is 0. The maximum absolute atomic E-state index is 11.8. The van der Waals surface area contributed by atoms with Crippen molar-refractivity contribution in [1.29, 1.82) is 0 Å². The van der Waals surface area contributed by atoms with Crippen molar-refractivity contribution in [1.82, 2.24) is 9.97 Å². The van der Waals surface area contributed by atoms with E-state index in [1.54, 1.807) is 18.5 Å². The highest BCUT2D eigenvalue weighted by molar-refractivity contribution is 5.97. The minimum Gasteiger partial charge on any atom is -0.366 e. The van der Waals surface area contributed by atoms with Crippen LogP contribution in [0, 0.1) is 5.92 Å². The summed E-state index contributed by atoms with van der Waals surface area (Å²) in [5, 5.41) is 3.63. The summed E-state index contributed by atoms with van der Waals surface area (Å²) < 4.78 is 0. The lowest BCUT2D eigenvalue weighted by Crippen LogP contribution is -2.13. The van der Waals surface area contributed by atoms with Crippen LogP contribution in [0.5, 0.6) is 0 Å². The number of fused-ring (bicyclic) bond motifs is 1. The van der Waals surface area contributed by atoms with Gasteiger partial charge in [0, 0.05) is 29.6 Å². The molecular weight excluding hydrogens is 268 g/mol. The van der Waals surface area contributed by atoms with Gasteiger partial charge in [-0.2, -0.15) is 0 Å². The Labute approximate surface area is 122 Å². The number of hydrogen-bond acceptors (Lipinski definition) is 3. The van der Waals surface area contributed by atoms with Crippen molar-refractivity contribution < 1.29 is 9.59 Å². The number of aromatic nitrogens is 2. The maximum Gasteiger partial charge on any atom is 0.241 e. The van der Waals surface area contributed by atoms with E-state index in [9.17, 15) is 9.59 Å². The van der Waals surface area contributed by atoms with E-state index in [1.807, 2.05) is 19.9 Å². The van der Waals surface area contributed by atoms with E-state index in [1.165, 1.54) is 6.08 Å². The normalized spacial score (nSPS) is 11.4. The van der Waals surface area contributed by atoms with Crippen LogP contribution in [0.1, 0.15) is 25.8 Å². The highest BCUT2D eigenvalue weighted by atomic mass is 16.1. The Morgan fingerprint density at radius 1 is 1.48 bits per heavy atom. The van der Waals surface area contributed by atoms with Crippen LogP contribution in [0.3, 0.4) is 0 Å². The second-order valence-electron chi connectivity index (χ2n) is 5.25. The van der Waals surface area contributed by atoms with Gasteiger partial charge in [0.05, 0.1) is 11.9 Å². The summed E-state index contributed by atoms with van der Waals surface area (Å²) in [6.45, 7) is 3.97. The van der Waals surface area contributed by atoms with Gasteiger partial charge in [0.1, 0.15) is 5.65 Å². The Morgan fingerprint density at radius 2 is 2.24 bits per heavy atom. The third kappa shape index (κ3) is 3.92. The van der Waals surface area contributed by atoms with Crippen molar-refractivity contribution in [3.05, 3.63) is 30.1 Å². The van der Waals surface area contributed by atoms with Gasteiger partial charge in [-0.3, -0.25) is 9.59 Å². The lowest BCUT2D eigenvalue weighted by atomic mass is 10.1. The molecule has 0 aromatic carbocycles. The third-order valence-electron chi connectivity index (χ3n) is 2.87. The Morgan fingerprint density at radius 3 is 2.90 bits per heavy atom. The second kappa shape index (κ2) is 6.21. The monoisotopic (exact) mass is 286 g/mol. The van der Waals surface area contributed by atoms with Crippen LogP contribution in [-0.2, 0) is 9.59 Å². The number of carbonyl (C=O) groups is 2. The van der Waals surface area contributed by atoms with Crippen LogP contribution in [0.2, 0.25) is 0 Å². The van der Waals surface area contributed by atoms with E-state index >= 15 is 0 Å². The van der Waals surface area contributed by atoms with Crippen molar-refractivity contribution in [3.63, 3.8) is 0 Å². The van der Waals surface area contributed by atoms with Gasteiger partial charge in [0.25, 0.3) is 0 Å². The lowest BCUT2D eigenvalue weighted by molar-refractivity contribution is -0.117. The van der Waals surface area contributed by atoms with Crippen molar-refractivity contribution in [2.75, 3.05) is 5.32 Å². The first kappa shape index (κ1) is 14.8. The van der Waals surface area contributed by atoms with E-state index in [2.05, 4.69) is 15.3 Å². The molecular formula is C15H18N4O2. The molecule has 2 rings (SSSR count). The highest BCUT2D eigenvalue weighted by Gasteiger charge is 2.08. The molecule has 2 aromatic heterocycles. The zero-order valence-corrected chi connectivity index (χ0v) is 12.0. The zero-order valence-electron chi connectivity index (χ0n) is 12.0. The molecule has 2 amide bonds. The molecule has 0 aliphatic heterocycles. The number of aromatic amines is 1. The number of amides is 2. The zero-order chi connectivity index (χ0) is 15.4. The number of hydrogen-bond donors (Lipinski definition) is 3. The molecule has 0 aliphatic rings. The summed E-state index contributed by atoms with van der Waals surface area (Å²) in [7, 11) is 0. The number of nitrogens with two attached hydrogens (primary N) is 1. The van der Waals surface area contributed by atoms with Gasteiger partial charge in [-0.15, -0.1) is 0 Å². The van der Waals surface area contributed by atoms with E-state index in [4.69, 9.17) is 5.73 Å². The molecule has 2 aromatic rings. The summed E-state index contributed by atoms with van der Waals surface area (Å²) in [6, 6.07) is 1.82. The van der Waals surface area contributed by atoms with Crippen molar-refractivity contribution in [2.24, 2.45) is 11.7 Å². The Bertz CT molecular complexity index is 701. The van der Waals surface area contributed by atoms with Crippen LogP contribution >= 0.6 is 0 Å². The quantitative estimate of drug-likeness (QED) is 0.733. The number of rotatable bonds is 5. The highest BCUT2D eigenvalue weighted by Crippen LogP contribution is 2.21. The molecule has 2 heterocycles. The van der Waals surface area contributed by atoms with E-state index in [0.717, 1.165) is 10.9 Å². The summed E-state index contributed by atoms with van der Waals surface area (Å²) in [4.78, 5) is 29.8. The number of H-pyrrole nitrogens is 1. The first-order chi connectivity index (χ1) is 9.95. The van der Waals surface area contributed by atoms with Gasteiger partial charge in [0.15, 0.2) is 0 Å². The molecule has 6 nitrogen and oxygen atoms in total. The number of nitrogens with zero attached hydrogens (tertiary/aromatic N) is 1. The van der Waals surface area contributed by atoms with E-state index in [-0.39, 0.29) is 5.91 Å². The first-order valence-electron chi connectivity index (χ1n) is 6.70. The largest absolute Gasteiger partial charge is 0.366 e. The fraction of sp³-hybridized carbons (Fsp3) is 0.267. The minimum absolute atomic E-state index is 0.0455. The molecule has 0 unspecified atom stereocenters. The molecule has 0 bridgehead atoms. The van der Waals surface area contributed by atoms with Gasteiger partial charge < -0.3 is 16.0 Å². The van der Waals surface area contributed by atoms with Crippen molar-refractivity contribution in [3.8, 4) is 0 Å². The molecule has 110 valence electrons. The topological polar surface area (TPSA) is 101 Å². The van der Waals surface area contributed by atoms with Crippen LogP contribution in [-0.4, -0.2) is 21.8 Å². The SMILES string of the molecule is CC(C)CC(=O)Nc1cnc2[nH]cc(/C=C/C(N)=O)c2c1. The molecule has 0 saturated carbocycles. The number of pyridine rings is 1. The number of nitrogens with one attached hydrogen (secondary N) is 2. The number of primary amides is 1. The predicted octanol–water partition coefficient (Wildman–Crippen LogP) is 2.05. The predicted molar refractivity (Wildman–Crippen MR) is 82.4 cm³/mol. The van der Waals surface area contributed by atoms with Crippen LogP contribution in [0.15, 0.2) is 24.5 Å². The Balaban J connectivity index is 2.25. The molecule has 4 N–H and O–H groups in total. The number of anilines is 1. The second-order valence-corrected chi connectivity index (χ2v) is 5.25. The fourth-order valence-electron chi connectivity index (χ4n) is 1.98. The summed E-state index contributed by atoms with van der Waals surface area (Å²) in [5.41, 5.74) is 7.18. The van der Waals surface area contributed by atoms with Gasteiger partial charge in [-0.25, -0.2) is 4.98 Å². The minimum atomic E-state index is -0.515. The van der Waals surface area contributed by atoms with Crippen molar-refractivity contribution >= 4 is 34.6 Å². The molecule has 6 heteroatoms. The van der Waals surface area contributed by atoms with Crippen LogP contribution in [0.25, 0.3) is 17.1 Å². The lowest BCUT2D eigenvalue weighted by Gasteiger charge is -2.07. The van der Waals surface area contributed by atoms with Gasteiger partial charge in [-0.05, 0) is 18.1 Å². The standard InChI is InChI=1S/C15H18N4O2/c1-9(2)5-14(21)19-11-6-12-10(3-4-13(16)20)7-17-15(12)18-8-11/h3-4,6-9H,5H2,1-2H3,(H2,16,20)(H,17,18)(H,19,21)/b4-3+. The Hall–Kier alpha value is -2.63. The van der Waals surface area contributed by atoms with Crippen LogP contribution < -0.4 is 11.1 Å². The fourth-order valence-corrected chi connectivity index (χ4v) is 1.98. The molecule has 0 spiro atoms. The van der Waals surface area contributed by atoms with E-state index in [0.29, 0.717) is 23.7 Å². The molecule has 0 atom stereocenters. The average molecular weight is 286 g/mol. The summed E-state index contributed by atoms with van der Waals surface area (Å²) in [6.07, 6.45) is 6.68. The third-order valence-corrected chi connectivity index (χ3v) is 2.87. The molecule has 0 radical (unpaired) electrons. The molecule has 0 aliphatic carbocycles. The summed E-state index contributed by atoms with van der Waals surface area (Å²) in [5.74, 6) is -0.266. The first-order valence-corrected chi connectivity index (χ1v) is 6.70. The average Bonchev–Trinajstić information content (AvgIpc) is 2.77. The molecule has 0 fully saturated rings. The van der Waals surface area contributed by atoms with Gasteiger partial charge in [-0.1, -0.05) is 13.8 Å². The number of carbonyl (C=O) groups excluding carboxylic acids is 2. The van der Waals surface area contributed by atoms with E-state index < -0.39 is 5.91 Å². The van der Waals surface area contributed by atoms with Crippen LogP contribution in [0.4, 0.5) is 5.69 Å². The van der Waals surface area contributed by atoms with Crippen molar-refractivity contribution in [2.45, 2.75) is 20.3 Å². The molecule has 21 heavy (non-hydrogen) atoms. The van der Waals surface area contributed by atoms with Gasteiger partial charge >= 0.3 is 0 Å². The smallest absolute Gasteiger partial charge is 0.241 e. The molecule has 0 saturated heterocycles. The maximum atomic E-state index is 11.8. The van der Waals surface area contributed by atoms with Gasteiger partial charge in [0.2, 0.25) is 11.8 Å². The Kier molecular flexibility index (Phi) is 4.37.